The minimum absolute atomic E-state index is 0.0291. The van der Waals surface area contributed by atoms with Gasteiger partial charge in [0.1, 0.15) is 0 Å². The smallest absolute Gasteiger partial charge is 0.254 e. The molecule has 0 aromatic heterocycles. The lowest BCUT2D eigenvalue weighted by Gasteiger charge is -2.33. The van der Waals surface area contributed by atoms with Crippen molar-refractivity contribution in [1.82, 2.24) is 19.6 Å². The number of aliphatic hydroxyl groups is 10. The second kappa shape index (κ2) is 31.6. The standard InChI is InChI=1S/C51H82N6O16/c1-9-41-45(51(73)55(20-28-64)21-29-65)33(3)44(50(72)54(18-26-62)19-27-63)36(6)47(41)57(38(8)67)31-40(69)13-11-10-12-39(68)30-56(37(7)66)46-34(4)42(48(70)52(14-22-58)15-23-59)32(2)43(35(46)5)49(71)53(16-24-60)17-25-61/h39-40,58-65,68-69H,9-31H2,1-8H3. The number of carbonyl (C=O) groups is 6. The summed E-state index contributed by atoms with van der Waals surface area (Å²) in [7, 11) is 0. The summed E-state index contributed by atoms with van der Waals surface area (Å²) in [5.41, 5.74) is 2.28. The number of benzene rings is 2. The van der Waals surface area contributed by atoms with Gasteiger partial charge in [-0.1, -0.05) is 19.8 Å². The Morgan fingerprint density at radius 1 is 0.397 bits per heavy atom. The van der Waals surface area contributed by atoms with Crippen LogP contribution >= 0.6 is 0 Å². The molecule has 2 unspecified atom stereocenters. The van der Waals surface area contributed by atoms with Crippen LogP contribution < -0.4 is 9.80 Å². The third kappa shape index (κ3) is 16.2. The van der Waals surface area contributed by atoms with E-state index in [0.717, 1.165) is 0 Å². The van der Waals surface area contributed by atoms with Crippen molar-refractivity contribution in [3.8, 4) is 0 Å². The number of nitrogens with zero attached hydrogens (tertiary/aromatic N) is 6. The van der Waals surface area contributed by atoms with Crippen LogP contribution in [-0.4, -0.2) is 237 Å². The van der Waals surface area contributed by atoms with E-state index in [1.54, 1.807) is 41.5 Å². The highest BCUT2D eigenvalue weighted by atomic mass is 16.3. The summed E-state index contributed by atoms with van der Waals surface area (Å²) in [6.07, 6.45) is -1.31. The normalized spacial score (nSPS) is 12.1. The molecule has 2 aromatic carbocycles. The van der Waals surface area contributed by atoms with E-state index < -0.39 is 101 Å². The van der Waals surface area contributed by atoms with E-state index in [9.17, 15) is 79.8 Å². The van der Waals surface area contributed by atoms with Crippen LogP contribution in [0, 0.1) is 34.6 Å². The van der Waals surface area contributed by atoms with Gasteiger partial charge in [0.05, 0.1) is 89.5 Å². The van der Waals surface area contributed by atoms with Gasteiger partial charge in [0.15, 0.2) is 0 Å². The first-order valence-corrected chi connectivity index (χ1v) is 24.9. The van der Waals surface area contributed by atoms with Crippen LogP contribution in [0.25, 0.3) is 0 Å². The lowest BCUT2D eigenvalue weighted by molar-refractivity contribution is -0.117. The first-order valence-electron chi connectivity index (χ1n) is 24.9. The fourth-order valence-electron chi connectivity index (χ4n) is 9.64. The molecule has 412 valence electrons. The molecular weight excluding hydrogens is 953 g/mol. The van der Waals surface area contributed by atoms with Crippen molar-refractivity contribution < 1.29 is 79.8 Å². The fourth-order valence-corrected chi connectivity index (χ4v) is 9.64. The molecular formula is C51H82N6O16. The number of anilines is 2. The number of unbranched alkanes of at least 4 members (excludes halogenated alkanes) is 1. The quantitative estimate of drug-likeness (QED) is 0.0401. The number of hydrogen-bond donors (Lipinski definition) is 10. The molecule has 2 rings (SSSR count). The average Bonchev–Trinajstić information content (AvgIpc) is 3.33. The van der Waals surface area contributed by atoms with Gasteiger partial charge in [-0.3, -0.25) is 28.8 Å². The highest BCUT2D eigenvalue weighted by Gasteiger charge is 2.35. The first kappa shape index (κ1) is 64.0. The van der Waals surface area contributed by atoms with E-state index in [2.05, 4.69) is 0 Å². The van der Waals surface area contributed by atoms with E-state index in [0.29, 0.717) is 24.0 Å². The maximum atomic E-state index is 14.3. The Morgan fingerprint density at radius 2 is 0.644 bits per heavy atom. The SMILES string of the molecule is CCc1c(C(=O)N(CCO)CCO)c(C)c(C(=O)N(CCO)CCO)c(C)c1N(CC(O)CCCCC(O)CN(C(C)=O)c1c(C)c(C(=O)N(CCO)CCO)c(C)c(C(=O)N(CCO)CCO)c1C)C(C)=O. The molecule has 0 heterocycles. The summed E-state index contributed by atoms with van der Waals surface area (Å²) in [4.78, 5) is 91.5. The van der Waals surface area contributed by atoms with E-state index in [1.807, 2.05) is 0 Å². The summed E-state index contributed by atoms with van der Waals surface area (Å²) in [5, 5.41) is 101. The zero-order chi connectivity index (χ0) is 55.3. The maximum Gasteiger partial charge on any atom is 0.254 e. The predicted molar refractivity (Wildman–Crippen MR) is 273 cm³/mol. The second-order valence-corrected chi connectivity index (χ2v) is 18.0. The van der Waals surface area contributed by atoms with Crippen molar-refractivity contribution in [3.63, 3.8) is 0 Å². The van der Waals surface area contributed by atoms with Crippen molar-refractivity contribution in [2.45, 2.75) is 99.7 Å². The Kier molecular flexibility index (Phi) is 27.7. The molecule has 0 radical (unpaired) electrons. The zero-order valence-electron chi connectivity index (χ0n) is 44.0. The van der Waals surface area contributed by atoms with Gasteiger partial charge in [-0.15, -0.1) is 0 Å². The van der Waals surface area contributed by atoms with E-state index in [1.165, 1.54) is 43.2 Å². The van der Waals surface area contributed by atoms with Crippen molar-refractivity contribution in [1.29, 1.82) is 0 Å². The van der Waals surface area contributed by atoms with Crippen LogP contribution in [0.15, 0.2) is 0 Å². The highest BCUT2D eigenvalue weighted by molar-refractivity contribution is 6.09. The zero-order valence-corrected chi connectivity index (χ0v) is 44.0. The van der Waals surface area contributed by atoms with Gasteiger partial charge in [0.2, 0.25) is 11.8 Å². The Hall–Kier alpha value is -5.14. The van der Waals surface area contributed by atoms with Gasteiger partial charge in [-0.2, -0.15) is 0 Å². The molecule has 2 atom stereocenters. The molecule has 10 N–H and O–H groups in total. The number of carbonyl (C=O) groups excluding carboxylic acids is 6. The Bertz CT molecular complexity index is 2110. The molecule has 2 aromatic rings. The van der Waals surface area contributed by atoms with Gasteiger partial charge < -0.3 is 80.5 Å². The third-order valence-electron chi connectivity index (χ3n) is 13.0. The molecule has 0 saturated heterocycles. The van der Waals surface area contributed by atoms with Gasteiger partial charge in [0.25, 0.3) is 23.6 Å². The molecule has 0 spiro atoms. The average molecular weight is 1040 g/mol. The second-order valence-electron chi connectivity index (χ2n) is 18.0. The van der Waals surface area contributed by atoms with Gasteiger partial charge in [0, 0.05) is 88.5 Å². The van der Waals surface area contributed by atoms with Gasteiger partial charge in [-0.25, -0.2) is 0 Å². The molecule has 0 bridgehead atoms. The van der Waals surface area contributed by atoms with Crippen molar-refractivity contribution in [2.75, 3.05) is 128 Å². The summed E-state index contributed by atoms with van der Waals surface area (Å²) in [6.45, 7) is 7.05. The lowest BCUT2D eigenvalue weighted by atomic mass is 9.87. The topological polar surface area (TPSA) is 324 Å². The molecule has 0 aliphatic rings. The molecule has 22 nitrogen and oxygen atoms in total. The van der Waals surface area contributed by atoms with Gasteiger partial charge in [-0.05, 0) is 87.3 Å². The van der Waals surface area contributed by atoms with Crippen LogP contribution in [0.4, 0.5) is 11.4 Å². The Morgan fingerprint density at radius 3 is 0.904 bits per heavy atom. The number of amides is 6. The molecule has 22 heteroatoms. The minimum Gasteiger partial charge on any atom is -0.395 e. The number of rotatable bonds is 32. The van der Waals surface area contributed by atoms with E-state index in [4.69, 9.17) is 0 Å². The van der Waals surface area contributed by atoms with Crippen LogP contribution in [0.5, 0.6) is 0 Å². The summed E-state index contributed by atoms with van der Waals surface area (Å²) < 4.78 is 0. The molecule has 0 fully saturated rings. The summed E-state index contributed by atoms with van der Waals surface area (Å²) in [6, 6.07) is 0. The molecule has 73 heavy (non-hydrogen) atoms. The van der Waals surface area contributed by atoms with Crippen molar-refractivity contribution in [2.24, 2.45) is 0 Å². The summed E-state index contributed by atoms with van der Waals surface area (Å²) in [5.74, 6) is -3.57. The number of aliphatic hydroxyl groups excluding tert-OH is 10. The van der Waals surface area contributed by atoms with Crippen LogP contribution in [-0.2, 0) is 16.0 Å². The monoisotopic (exact) mass is 1030 g/mol. The van der Waals surface area contributed by atoms with E-state index >= 15 is 0 Å². The van der Waals surface area contributed by atoms with Gasteiger partial charge >= 0.3 is 0 Å². The Balaban J connectivity index is 2.60. The fraction of sp³-hybridized carbons (Fsp3) is 0.647. The Labute approximate surface area is 428 Å². The molecule has 0 saturated carbocycles. The third-order valence-corrected chi connectivity index (χ3v) is 13.0. The molecule has 0 aliphatic carbocycles. The lowest BCUT2D eigenvalue weighted by Crippen LogP contribution is -2.41. The predicted octanol–water partition coefficient (Wildman–Crippen LogP) is -0.813. The largest absolute Gasteiger partial charge is 0.395 e. The van der Waals surface area contributed by atoms with Crippen LogP contribution in [0.3, 0.4) is 0 Å². The van der Waals surface area contributed by atoms with Crippen molar-refractivity contribution >= 4 is 46.8 Å². The van der Waals surface area contributed by atoms with Crippen LogP contribution in [0.2, 0.25) is 0 Å². The first-order chi connectivity index (χ1) is 34.6. The number of hydrogen-bond acceptors (Lipinski definition) is 16. The maximum absolute atomic E-state index is 14.3. The highest BCUT2D eigenvalue weighted by Crippen LogP contribution is 2.38. The van der Waals surface area contributed by atoms with Crippen molar-refractivity contribution in [3.05, 3.63) is 55.6 Å². The summed E-state index contributed by atoms with van der Waals surface area (Å²) >= 11 is 0. The molecule has 0 aliphatic heterocycles. The van der Waals surface area contributed by atoms with E-state index in [-0.39, 0.29) is 141 Å². The van der Waals surface area contributed by atoms with Crippen LogP contribution in [0.1, 0.15) is 121 Å². The minimum atomic E-state index is -1.17. The molecule has 6 amide bonds.